The summed E-state index contributed by atoms with van der Waals surface area (Å²) in [7, 11) is -3.24. The Bertz CT molecular complexity index is 726. The highest BCUT2D eigenvalue weighted by molar-refractivity contribution is 7.91. The number of fused-ring (bicyclic) bond motifs is 1. The molecule has 0 unspecified atom stereocenters. The van der Waals surface area contributed by atoms with Gasteiger partial charge in [0, 0.05) is 12.7 Å². The maximum absolute atomic E-state index is 11.8. The predicted molar refractivity (Wildman–Crippen MR) is 84.1 cm³/mol. The van der Waals surface area contributed by atoms with Gasteiger partial charge < -0.3 is 4.98 Å². The van der Waals surface area contributed by atoms with Crippen molar-refractivity contribution in [1.29, 1.82) is 0 Å². The molecule has 0 saturated heterocycles. The number of nitrogens with zero attached hydrogens (tertiary/aromatic N) is 1. The molecule has 1 heterocycles. The molecule has 2 aromatic rings. The van der Waals surface area contributed by atoms with Crippen molar-refractivity contribution in [3.8, 4) is 0 Å². The van der Waals surface area contributed by atoms with Crippen LogP contribution in [0.1, 0.15) is 44.3 Å². The minimum absolute atomic E-state index is 0.323. The van der Waals surface area contributed by atoms with Gasteiger partial charge in [-0.2, -0.15) is 0 Å². The fourth-order valence-electron chi connectivity index (χ4n) is 3.29. The number of hydrogen-bond acceptors (Lipinski definition) is 3. The zero-order valence-corrected chi connectivity index (χ0v) is 13.2. The first kappa shape index (κ1) is 14.6. The number of imidazole rings is 1. The summed E-state index contributed by atoms with van der Waals surface area (Å²) in [5, 5.41) is 0. The van der Waals surface area contributed by atoms with Crippen LogP contribution < -0.4 is 0 Å². The van der Waals surface area contributed by atoms with Gasteiger partial charge in [0.2, 0.25) is 0 Å². The average Bonchev–Trinajstić information content (AvgIpc) is 2.64. The van der Waals surface area contributed by atoms with Crippen LogP contribution in [0, 0.1) is 5.92 Å². The van der Waals surface area contributed by atoms with E-state index in [4.69, 9.17) is 0 Å². The van der Waals surface area contributed by atoms with Crippen LogP contribution in [-0.2, 0) is 16.3 Å². The molecule has 114 valence electrons. The molecule has 0 aliphatic heterocycles. The van der Waals surface area contributed by atoms with Gasteiger partial charge in [-0.25, -0.2) is 13.4 Å². The van der Waals surface area contributed by atoms with E-state index in [0.717, 1.165) is 17.8 Å². The summed E-state index contributed by atoms with van der Waals surface area (Å²) in [5.74, 6) is 1.60. The Balaban J connectivity index is 1.90. The van der Waals surface area contributed by atoms with Crippen LogP contribution in [0.3, 0.4) is 0 Å². The second kappa shape index (κ2) is 5.79. The Kier molecular flexibility index (Phi) is 4.02. The van der Waals surface area contributed by atoms with Crippen molar-refractivity contribution in [3.63, 3.8) is 0 Å². The van der Waals surface area contributed by atoms with Gasteiger partial charge in [-0.3, -0.25) is 0 Å². The first-order chi connectivity index (χ1) is 10.0. The highest BCUT2D eigenvalue weighted by Crippen LogP contribution is 2.27. The summed E-state index contributed by atoms with van der Waals surface area (Å²) in [6.07, 6.45) is 9.98. The van der Waals surface area contributed by atoms with Gasteiger partial charge in [0.25, 0.3) is 0 Å². The highest BCUT2D eigenvalue weighted by Gasteiger charge is 2.18. The van der Waals surface area contributed by atoms with Gasteiger partial charge in [0.15, 0.2) is 9.84 Å². The summed E-state index contributed by atoms with van der Waals surface area (Å²) in [6.45, 7) is 0. The molecule has 1 fully saturated rings. The van der Waals surface area contributed by atoms with Gasteiger partial charge in [-0.15, -0.1) is 0 Å². The first-order valence-corrected chi connectivity index (χ1v) is 9.61. The molecule has 3 rings (SSSR count). The largest absolute Gasteiger partial charge is 0.342 e. The quantitative estimate of drug-likeness (QED) is 0.883. The number of aromatic amines is 1. The van der Waals surface area contributed by atoms with Gasteiger partial charge in [0.1, 0.15) is 11.3 Å². The Hall–Kier alpha value is -1.36. The lowest BCUT2D eigenvalue weighted by Crippen LogP contribution is -2.04. The fourth-order valence-corrected chi connectivity index (χ4v) is 4.13. The smallest absolute Gasteiger partial charge is 0.177 e. The van der Waals surface area contributed by atoms with Crippen LogP contribution in [0.25, 0.3) is 11.0 Å². The molecular formula is C16H22N2O2S. The summed E-state index contributed by atoms with van der Waals surface area (Å²) in [5.41, 5.74) is 1.41. The van der Waals surface area contributed by atoms with E-state index in [1.54, 1.807) is 12.1 Å². The second-order valence-corrected chi connectivity index (χ2v) is 8.15. The standard InChI is InChI=1S/C16H22N2O2S/c1-21(19,20)14-10-6-9-13-16(14)18-15(17-13)11-12-7-4-2-3-5-8-12/h6,9-10,12H,2-5,7-8,11H2,1H3,(H,17,18). The second-order valence-electron chi connectivity index (χ2n) is 6.17. The van der Waals surface area contributed by atoms with Crippen molar-refractivity contribution in [2.75, 3.05) is 6.26 Å². The fraction of sp³-hybridized carbons (Fsp3) is 0.562. The molecule has 1 aliphatic rings. The Morgan fingerprint density at radius 1 is 1.19 bits per heavy atom. The molecule has 0 radical (unpaired) electrons. The molecule has 1 aromatic carbocycles. The van der Waals surface area contributed by atoms with E-state index in [9.17, 15) is 8.42 Å². The Morgan fingerprint density at radius 2 is 1.90 bits per heavy atom. The van der Waals surface area contributed by atoms with Crippen LogP contribution in [0.15, 0.2) is 23.1 Å². The van der Waals surface area contributed by atoms with Crippen LogP contribution in [-0.4, -0.2) is 24.6 Å². The minimum Gasteiger partial charge on any atom is -0.342 e. The van der Waals surface area contributed by atoms with Crippen molar-refractivity contribution in [1.82, 2.24) is 9.97 Å². The van der Waals surface area contributed by atoms with Crippen LogP contribution in [0.2, 0.25) is 0 Å². The molecule has 1 N–H and O–H groups in total. The van der Waals surface area contributed by atoms with E-state index in [2.05, 4.69) is 9.97 Å². The van der Waals surface area contributed by atoms with Gasteiger partial charge in [-0.05, 0) is 18.1 Å². The number of rotatable bonds is 3. The zero-order valence-electron chi connectivity index (χ0n) is 12.4. The van der Waals surface area contributed by atoms with Crippen LogP contribution in [0.5, 0.6) is 0 Å². The lowest BCUT2D eigenvalue weighted by Gasteiger charge is -2.11. The lowest BCUT2D eigenvalue weighted by atomic mass is 9.96. The number of benzene rings is 1. The van der Waals surface area contributed by atoms with Crippen molar-refractivity contribution in [3.05, 3.63) is 24.0 Å². The van der Waals surface area contributed by atoms with Crippen LogP contribution in [0.4, 0.5) is 0 Å². The van der Waals surface area contributed by atoms with Crippen LogP contribution >= 0.6 is 0 Å². The van der Waals surface area contributed by atoms with Crippen molar-refractivity contribution >= 4 is 20.9 Å². The molecule has 4 nitrogen and oxygen atoms in total. The highest BCUT2D eigenvalue weighted by atomic mass is 32.2. The summed E-state index contributed by atoms with van der Waals surface area (Å²) in [6, 6.07) is 5.30. The van der Waals surface area contributed by atoms with E-state index in [1.807, 2.05) is 6.07 Å². The molecule has 0 atom stereocenters. The molecule has 0 amide bonds. The molecule has 1 saturated carbocycles. The number of para-hydroxylation sites is 1. The van der Waals surface area contributed by atoms with E-state index in [-0.39, 0.29) is 0 Å². The Labute approximate surface area is 125 Å². The number of hydrogen-bond donors (Lipinski definition) is 1. The third-order valence-electron chi connectivity index (χ3n) is 4.38. The molecule has 21 heavy (non-hydrogen) atoms. The SMILES string of the molecule is CS(=O)(=O)c1cccc2[nH]c(CC3CCCCCC3)nc12. The van der Waals surface area contributed by atoms with Gasteiger partial charge >= 0.3 is 0 Å². The zero-order chi connectivity index (χ0) is 14.9. The molecular weight excluding hydrogens is 284 g/mol. The monoisotopic (exact) mass is 306 g/mol. The average molecular weight is 306 g/mol. The topological polar surface area (TPSA) is 62.8 Å². The summed E-state index contributed by atoms with van der Waals surface area (Å²) >= 11 is 0. The minimum atomic E-state index is -3.24. The number of aromatic nitrogens is 2. The number of sulfone groups is 1. The number of H-pyrrole nitrogens is 1. The van der Waals surface area contributed by atoms with E-state index < -0.39 is 9.84 Å². The molecule has 5 heteroatoms. The maximum Gasteiger partial charge on any atom is 0.177 e. The van der Waals surface area contributed by atoms with Gasteiger partial charge in [0.05, 0.1) is 10.4 Å². The first-order valence-electron chi connectivity index (χ1n) is 7.72. The van der Waals surface area contributed by atoms with E-state index in [1.165, 1.54) is 44.8 Å². The lowest BCUT2D eigenvalue weighted by molar-refractivity contribution is 0.450. The molecule has 0 spiro atoms. The predicted octanol–water partition coefficient (Wildman–Crippen LogP) is 3.48. The Morgan fingerprint density at radius 3 is 2.57 bits per heavy atom. The summed E-state index contributed by atoms with van der Waals surface area (Å²) < 4.78 is 23.7. The maximum atomic E-state index is 11.8. The third kappa shape index (κ3) is 3.28. The normalized spacial score (nSPS) is 18.0. The van der Waals surface area contributed by atoms with Gasteiger partial charge in [-0.1, -0.05) is 44.6 Å². The van der Waals surface area contributed by atoms with Crippen molar-refractivity contribution in [2.24, 2.45) is 5.92 Å². The number of nitrogens with one attached hydrogen (secondary N) is 1. The van der Waals surface area contributed by atoms with Crippen molar-refractivity contribution in [2.45, 2.75) is 49.8 Å². The molecule has 0 bridgehead atoms. The van der Waals surface area contributed by atoms with Crippen molar-refractivity contribution < 1.29 is 8.42 Å². The molecule has 1 aliphatic carbocycles. The third-order valence-corrected chi connectivity index (χ3v) is 5.51. The summed E-state index contributed by atoms with van der Waals surface area (Å²) in [4.78, 5) is 8.19. The van der Waals surface area contributed by atoms with E-state index in [0.29, 0.717) is 16.3 Å². The van der Waals surface area contributed by atoms with E-state index >= 15 is 0 Å². The molecule has 1 aromatic heterocycles.